The van der Waals surface area contributed by atoms with Crippen molar-refractivity contribution in [3.8, 4) is 11.5 Å². The van der Waals surface area contributed by atoms with Crippen LogP contribution >= 0.6 is 0 Å². The van der Waals surface area contributed by atoms with Gasteiger partial charge in [-0.1, -0.05) is 0 Å². The van der Waals surface area contributed by atoms with Crippen molar-refractivity contribution in [2.45, 2.75) is 18.4 Å². The summed E-state index contributed by atoms with van der Waals surface area (Å²) in [6.45, 7) is 0. The first-order valence-corrected chi connectivity index (χ1v) is 4.41. The lowest BCUT2D eigenvalue weighted by atomic mass is 10.0. The van der Waals surface area contributed by atoms with Crippen molar-refractivity contribution < 1.29 is 19.4 Å². The fourth-order valence-electron chi connectivity index (χ4n) is 1.56. The van der Waals surface area contributed by atoms with E-state index >= 15 is 0 Å². The number of isocyanates is 1. The Morgan fingerprint density at radius 2 is 2.07 bits per heavy atom. The van der Waals surface area contributed by atoms with E-state index in [0.717, 1.165) is 0 Å². The molecule has 0 aliphatic heterocycles. The van der Waals surface area contributed by atoms with Crippen molar-refractivity contribution in [1.29, 1.82) is 0 Å². The number of rotatable bonds is 2. The van der Waals surface area contributed by atoms with E-state index < -0.39 is 22.9 Å². The molecule has 1 aromatic rings. The minimum absolute atomic E-state index is 0.126. The molecule has 1 saturated carbocycles. The zero-order chi connectivity index (χ0) is 11.1. The number of hydrogen-bond acceptors (Lipinski definition) is 4. The first-order valence-electron chi connectivity index (χ1n) is 4.41. The summed E-state index contributed by atoms with van der Waals surface area (Å²) in [6, 6.07) is 2.49. The van der Waals surface area contributed by atoms with Gasteiger partial charge in [-0.25, -0.2) is 9.18 Å². The van der Waals surface area contributed by atoms with E-state index in [2.05, 4.69) is 4.99 Å². The minimum atomic E-state index is -0.925. The standard InChI is InChI=1S/C10H8FNO3/c11-8-6(1-2-7(14)9(8)15)10(3-4-10)12-5-13/h1-2,14-15H,3-4H2. The monoisotopic (exact) mass is 209 g/mol. The third kappa shape index (κ3) is 1.37. The zero-order valence-electron chi connectivity index (χ0n) is 7.70. The molecule has 1 aromatic carbocycles. The first-order chi connectivity index (χ1) is 7.10. The highest BCUT2D eigenvalue weighted by Crippen LogP contribution is 2.51. The lowest BCUT2D eigenvalue weighted by molar-refractivity contribution is 0.374. The van der Waals surface area contributed by atoms with E-state index in [4.69, 9.17) is 5.11 Å². The Hall–Kier alpha value is -1.87. The predicted molar refractivity (Wildman–Crippen MR) is 48.8 cm³/mol. The molecule has 15 heavy (non-hydrogen) atoms. The molecule has 0 saturated heterocycles. The third-order valence-corrected chi connectivity index (χ3v) is 2.58. The molecule has 0 spiro atoms. The van der Waals surface area contributed by atoms with Crippen molar-refractivity contribution in [3.63, 3.8) is 0 Å². The van der Waals surface area contributed by atoms with E-state index in [-0.39, 0.29) is 5.56 Å². The average Bonchev–Trinajstić information content (AvgIpc) is 2.96. The molecular weight excluding hydrogens is 201 g/mol. The van der Waals surface area contributed by atoms with Crippen LogP contribution in [0.25, 0.3) is 0 Å². The fourth-order valence-corrected chi connectivity index (χ4v) is 1.56. The summed E-state index contributed by atoms with van der Waals surface area (Å²) in [5, 5.41) is 18.2. The molecule has 2 rings (SSSR count). The van der Waals surface area contributed by atoms with E-state index in [0.29, 0.717) is 12.8 Å². The van der Waals surface area contributed by atoms with Gasteiger partial charge in [0.05, 0.1) is 0 Å². The number of nitrogens with zero attached hydrogens (tertiary/aromatic N) is 1. The number of hydrogen-bond donors (Lipinski definition) is 2. The fraction of sp³-hybridized carbons (Fsp3) is 0.300. The molecule has 4 nitrogen and oxygen atoms in total. The van der Waals surface area contributed by atoms with E-state index in [9.17, 15) is 14.3 Å². The Morgan fingerprint density at radius 3 is 2.60 bits per heavy atom. The normalized spacial score (nSPS) is 16.9. The van der Waals surface area contributed by atoms with Crippen LogP contribution in [0.2, 0.25) is 0 Å². The molecule has 0 amide bonds. The maximum absolute atomic E-state index is 13.5. The van der Waals surface area contributed by atoms with Crippen molar-refractivity contribution in [3.05, 3.63) is 23.5 Å². The molecule has 1 aliphatic carbocycles. The van der Waals surface area contributed by atoms with Gasteiger partial charge in [0.15, 0.2) is 17.3 Å². The summed E-state index contributed by atoms with van der Waals surface area (Å²) in [5.74, 6) is -2.26. The topological polar surface area (TPSA) is 69.9 Å². The van der Waals surface area contributed by atoms with Gasteiger partial charge in [0.2, 0.25) is 6.08 Å². The van der Waals surface area contributed by atoms with Gasteiger partial charge >= 0.3 is 0 Å². The van der Waals surface area contributed by atoms with Crippen LogP contribution in [-0.2, 0) is 10.3 Å². The highest BCUT2D eigenvalue weighted by atomic mass is 19.1. The Morgan fingerprint density at radius 1 is 1.40 bits per heavy atom. The summed E-state index contributed by atoms with van der Waals surface area (Å²) in [7, 11) is 0. The second-order valence-electron chi connectivity index (χ2n) is 3.53. The van der Waals surface area contributed by atoms with Gasteiger partial charge in [-0.05, 0) is 25.0 Å². The molecule has 1 fully saturated rings. The SMILES string of the molecule is O=C=NC1(c2ccc(O)c(O)c2F)CC1. The molecule has 0 unspecified atom stereocenters. The average molecular weight is 209 g/mol. The summed E-state index contributed by atoms with van der Waals surface area (Å²) < 4.78 is 13.5. The summed E-state index contributed by atoms with van der Waals surface area (Å²) >= 11 is 0. The van der Waals surface area contributed by atoms with E-state index in [1.165, 1.54) is 18.2 Å². The minimum Gasteiger partial charge on any atom is -0.504 e. The van der Waals surface area contributed by atoms with Crippen LogP contribution in [0, 0.1) is 5.82 Å². The Balaban J connectivity index is 2.55. The maximum Gasteiger partial charge on any atom is 0.235 e. The molecule has 0 heterocycles. The lowest BCUT2D eigenvalue weighted by Crippen LogP contribution is -2.05. The Kier molecular flexibility index (Phi) is 1.98. The van der Waals surface area contributed by atoms with Gasteiger partial charge in [-0.3, -0.25) is 0 Å². The van der Waals surface area contributed by atoms with Crippen LogP contribution < -0.4 is 0 Å². The van der Waals surface area contributed by atoms with Gasteiger partial charge < -0.3 is 10.2 Å². The van der Waals surface area contributed by atoms with E-state index in [1.807, 2.05) is 0 Å². The van der Waals surface area contributed by atoms with Gasteiger partial charge in [-0.15, -0.1) is 0 Å². The number of phenolic OH excluding ortho intramolecular Hbond substituents is 2. The quantitative estimate of drug-likeness (QED) is 0.441. The number of halogens is 1. The predicted octanol–water partition coefficient (Wildman–Crippen LogP) is 1.56. The molecule has 2 N–H and O–H groups in total. The smallest absolute Gasteiger partial charge is 0.235 e. The van der Waals surface area contributed by atoms with Crippen LogP contribution in [0.5, 0.6) is 11.5 Å². The van der Waals surface area contributed by atoms with Crippen molar-refractivity contribution in [2.24, 2.45) is 4.99 Å². The highest BCUT2D eigenvalue weighted by Gasteiger charge is 2.47. The second kappa shape index (κ2) is 3.07. The van der Waals surface area contributed by atoms with Crippen LogP contribution in [0.1, 0.15) is 18.4 Å². The molecule has 78 valence electrons. The lowest BCUT2D eigenvalue weighted by Gasteiger charge is -2.10. The largest absolute Gasteiger partial charge is 0.504 e. The molecule has 1 aliphatic rings. The molecule has 5 heteroatoms. The molecule has 0 radical (unpaired) electrons. The van der Waals surface area contributed by atoms with Crippen LogP contribution in [-0.4, -0.2) is 16.3 Å². The van der Waals surface area contributed by atoms with Crippen molar-refractivity contribution >= 4 is 6.08 Å². The van der Waals surface area contributed by atoms with Gasteiger partial charge in [0, 0.05) is 5.56 Å². The van der Waals surface area contributed by atoms with Crippen LogP contribution in [0.3, 0.4) is 0 Å². The van der Waals surface area contributed by atoms with Crippen LogP contribution in [0.4, 0.5) is 4.39 Å². The maximum atomic E-state index is 13.5. The van der Waals surface area contributed by atoms with Crippen molar-refractivity contribution in [2.75, 3.05) is 0 Å². The number of benzene rings is 1. The number of aromatic hydroxyl groups is 2. The Bertz CT molecular complexity index is 462. The number of phenols is 2. The second-order valence-corrected chi connectivity index (χ2v) is 3.53. The first kappa shape index (κ1) is 9.68. The van der Waals surface area contributed by atoms with Gasteiger partial charge in [0.25, 0.3) is 0 Å². The third-order valence-electron chi connectivity index (χ3n) is 2.58. The highest BCUT2D eigenvalue weighted by molar-refractivity contribution is 5.48. The number of aliphatic imine (C=N–C) groups is 1. The van der Waals surface area contributed by atoms with E-state index in [1.54, 1.807) is 0 Å². The Labute approximate surface area is 84.7 Å². The molecule has 0 atom stereocenters. The summed E-state index contributed by atoms with van der Waals surface area (Å²) in [4.78, 5) is 13.7. The van der Waals surface area contributed by atoms with Gasteiger partial charge in [-0.2, -0.15) is 4.99 Å². The zero-order valence-corrected chi connectivity index (χ0v) is 7.70. The van der Waals surface area contributed by atoms with Gasteiger partial charge in [0.1, 0.15) is 5.54 Å². The molecular formula is C10H8FNO3. The van der Waals surface area contributed by atoms with Crippen LogP contribution in [0.15, 0.2) is 17.1 Å². The number of carbonyl (C=O) groups excluding carboxylic acids is 1. The summed E-state index contributed by atoms with van der Waals surface area (Å²) in [5.41, 5.74) is -0.752. The molecule has 0 aromatic heterocycles. The summed E-state index contributed by atoms with van der Waals surface area (Å²) in [6.07, 6.45) is 2.48. The van der Waals surface area contributed by atoms with Crippen molar-refractivity contribution in [1.82, 2.24) is 0 Å². The molecule has 0 bridgehead atoms.